The number of benzene rings is 1. The van der Waals surface area contributed by atoms with Crippen molar-refractivity contribution in [3.8, 4) is 11.8 Å². The highest BCUT2D eigenvalue weighted by Crippen LogP contribution is 2.11. The van der Waals surface area contributed by atoms with Crippen molar-refractivity contribution in [1.29, 1.82) is 5.26 Å². The number of likely N-dealkylation sites (N-methyl/N-ethyl adjacent to an activating group) is 1. The molecule has 1 rings (SSSR count). The highest BCUT2D eigenvalue weighted by molar-refractivity contribution is 5.78. The smallest absolute Gasteiger partial charge is 0.226 e. The summed E-state index contributed by atoms with van der Waals surface area (Å²) in [5.74, 6) is 0.103. The minimum Gasteiger partial charge on any atom is -0.508 e. The van der Waals surface area contributed by atoms with Gasteiger partial charge in [0, 0.05) is 13.6 Å². The Hall–Kier alpha value is -2.02. The molecule has 4 nitrogen and oxygen atoms in total. The fraction of sp³-hybridized carbons (Fsp3) is 0.333. The van der Waals surface area contributed by atoms with E-state index in [1.165, 1.54) is 4.90 Å². The second kappa shape index (κ2) is 5.76. The van der Waals surface area contributed by atoms with Crippen LogP contribution in [-0.2, 0) is 11.2 Å². The molecule has 1 amide bonds. The van der Waals surface area contributed by atoms with E-state index in [1.54, 1.807) is 31.3 Å². The number of hydrogen-bond acceptors (Lipinski definition) is 3. The molecule has 84 valence electrons. The highest BCUT2D eigenvalue weighted by Gasteiger charge is 2.09. The number of phenolic OH excluding ortho intramolecular Hbond substituents is 1. The first-order valence-electron chi connectivity index (χ1n) is 5.02. The molecule has 0 heterocycles. The first-order valence-corrected chi connectivity index (χ1v) is 5.02. The first kappa shape index (κ1) is 12.1. The Morgan fingerprint density at radius 1 is 1.56 bits per heavy atom. The number of nitriles is 1. The molecule has 0 spiro atoms. The van der Waals surface area contributed by atoms with Gasteiger partial charge >= 0.3 is 0 Å². The fourth-order valence-electron chi connectivity index (χ4n) is 1.32. The second-order valence-electron chi connectivity index (χ2n) is 3.57. The molecule has 1 N–H and O–H groups in total. The second-order valence-corrected chi connectivity index (χ2v) is 3.57. The summed E-state index contributed by atoms with van der Waals surface area (Å²) in [6, 6.07) is 8.61. The minimum absolute atomic E-state index is 0.0548. The van der Waals surface area contributed by atoms with Gasteiger partial charge < -0.3 is 10.0 Å². The van der Waals surface area contributed by atoms with Crippen LogP contribution in [0.2, 0.25) is 0 Å². The Morgan fingerprint density at radius 2 is 2.31 bits per heavy atom. The summed E-state index contributed by atoms with van der Waals surface area (Å²) in [5.41, 5.74) is 0.772. The number of carbonyl (C=O) groups is 1. The van der Waals surface area contributed by atoms with Crippen LogP contribution in [0.15, 0.2) is 24.3 Å². The van der Waals surface area contributed by atoms with E-state index < -0.39 is 0 Å². The van der Waals surface area contributed by atoms with Gasteiger partial charge in [-0.1, -0.05) is 12.1 Å². The van der Waals surface area contributed by atoms with E-state index in [-0.39, 0.29) is 18.1 Å². The van der Waals surface area contributed by atoms with Gasteiger partial charge in [-0.15, -0.1) is 0 Å². The third-order valence-corrected chi connectivity index (χ3v) is 2.25. The largest absolute Gasteiger partial charge is 0.508 e. The Kier molecular flexibility index (Phi) is 4.34. The topological polar surface area (TPSA) is 64.3 Å². The van der Waals surface area contributed by atoms with Crippen LogP contribution in [-0.4, -0.2) is 29.5 Å². The lowest BCUT2D eigenvalue weighted by Crippen LogP contribution is -2.28. The Bertz CT molecular complexity index is 410. The van der Waals surface area contributed by atoms with Crippen LogP contribution < -0.4 is 0 Å². The van der Waals surface area contributed by atoms with Gasteiger partial charge in [0.15, 0.2) is 0 Å². The van der Waals surface area contributed by atoms with E-state index in [4.69, 9.17) is 5.26 Å². The predicted molar refractivity (Wildman–Crippen MR) is 59.7 cm³/mol. The number of nitrogens with zero attached hydrogens (tertiary/aromatic N) is 2. The monoisotopic (exact) mass is 218 g/mol. The van der Waals surface area contributed by atoms with Crippen LogP contribution in [0.4, 0.5) is 0 Å². The lowest BCUT2D eigenvalue weighted by molar-refractivity contribution is -0.129. The molecule has 0 aromatic heterocycles. The minimum atomic E-state index is -0.0548. The van der Waals surface area contributed by atoms with Gasteiger partial charge in [-0.3, -0.25) is 4.79 Å². The summed E-state index contributed by atoms with van der Waals surface area (Å²) in [5, 5.41) is 17.6. The Balaban J connectivity index is 2.54. The normalized spacial score (nSPS) is 9.50. The average molecular weight is 218 g/mol. The van der Waals surface area contributed by atoms with Gasteiger partial charge in [0.05, 0.1) is 18.9 Å². The maximum atomic E-state index is 11.7. The highest BCUT2D eigenvalue weighted by atomic mass is 16.3. The van der Waals surface area contributed by atoms with Crippen LogP contribution in [0.3, 0.4) is 0 Å². The number of hydrogen-bond donors (Lipinski definition) is 1. The number of phenols is 1. The van der Waals surface area contributed by atoms with Crippen LogP contribution in [0, 0.1) is 11.3 Å². The summed E-state index contributed by atoms with van der Waals surface area (Å²) in [6.45, 7) is 0.439. The van der Waals surface area contributed by atoms with Crippen LogP contribution in [0.5, 0.6) is 5.75 Å². The van der Waals surface area contributed by atoms with Crippen molar-refractivity contribution >= 4 is 5.91 Å². The first-order chi connectivity index (χ1) is 7.63. The van der Waals surface area contributed by atoms with Crippen molar-refractivity contribution in [3.05, 3.63) is 29.8 Å². The SMILES string of the molecule is CN(CCC#N)C(=O)Cc1cccc(O)c1. The van der Waals surface area contributed by atoms with Gasteiger partial charge in [-0.2, -0.15) is 5.26 Å². The molecule has 0 bridgehead atoms. The number of amides is 1. The molecule has 0 saturated heterocycles. The fourth-order valence-corrected chi connectivity index (χ4v) is 1.32. The summed E-state index contributed by atoms with van der Waals surface area (Å²) < 4.78 is 0. The van der Waals surface area contributed by atoms with E-state index in [2.05, 4.69) is 0 Å². The molecule has 0 unspecified atom stereocenters. The summed E-state index contributed by atoms with van der Waals surface area (Å²) in [4.78, 5) is 13.2. The number of aromatic hydroxyl groups is 1. The van der Waals surface area contributed by atoms with Crippen molar-refractivity contribution in [2.75, 3.05) is 13.6 Å². The van der Waals surface area contributed by atoms with E-state index >= 15 is 0 Å². The van der Waals surface area contributed by atoms with Gasteiger partial charge in [0.25, 0.3) is 0 Å². The maximum absolute atomic E-state index is 11.7. The van der Waals surface area contributed by atoms with Crippen molar-refractivity contribution in [1.82, 2.24) is 4.90 Å². The lowest BCUT2D eigenvalue weighted by atomic mass is 10.1. The molecule has 4 heteroatoms. The van der Waals surface area contributed by atoms with Crippen LogP contribution >= 0.6 is 0 Å². The van der Waals surface area contributed by atoms with E-state index in [0.717, 1.165) is 5.56 Å². The van der Waals surface area contributed by atoms with E-state index in [1.807, 2.05) is 6.07 Å². The lowest BCUT2D eigenvalue weighted by Gasteiger charge is -2.15. The standard InChI is InChI=1S/C12H14N2O2/c1-14(7-3-6-13)12(16)9-10-4-2-5-11(15)8-10/h2,4-5,8,15H,3,7,9H2,1H3. The van der Waals surface area contributed by atoms with E-state index in [0.29, 0.717) is 13.0 Å². The molecule has 0 aliphatic rings. The number of carbonyl (C=O) groups excluding carboxylic acids is 1. The van der Waals surface area contributed by atoms with Crippen molar-refractivity contribution in [2.45, 2.75) is 12.8 Å². The van der Waals surface area contributed by atoms with Crippen molar-refractivity contribution in [3.63, 3.8) is 0 Å². The quantitative estimate of drug-likeness (QED) is 0.828. The zero-order valence-electron chi connectivity index (χ0n) is 9.18. The summed E-state index contributed by atoms with van der Waals surface area (Å²) >= 11 is 0. The molecular weight excluding hydrogens is 204 g/mol. The zero-order chi connectivity index (χ0) is 12.0. The van der Waals surface area contributed by atoms with Gasteiger partial charge in [-0.05, 0) is 17.7 Å². The van der Waals surface area contributed by atoms with Gasteiger partial charge in [0.1, 0.15) is 5.75 Å². The molecule has 0 atom stereocenters. The molecule has 1 aromatic carbocycles. The zero-order valence-corrected chi connectivity index (χ0v) is 9.18. The third kappa shape index (κ3) is 3.62. The Labute approximate surface area is 94.7 Å². The molecule has 1 aromatic rings. The molecule has 0 fully saturated rings. The van der Waals surface area contributed by atoms with Gasteiger partial charge in [-0.25, -0.2) is 0 Å². The number of rotatable bonds is 4. The van der Waals surface area contributed by atoms with E-state index in [9.17, 15) is 9.90 Å². The molecular formula is C12H14N2O2. The summed E-state index contributed by atoms with van der Waals surface area (Å²) in [7, 11) is 1.67. The van der Waals surface area contributed by atoms with Crippen molar-refractivity contribution < 1.29 is 9.90 Å². The van der Waals surface area contributed by atoms with Gasteiger partial charge in [0.2, 0.25) is 5.91 Å². The predicted octanol–water partition coefficient (Wildman–Crippen LogP) is 1.31. The third-order valence-electron chi connectivity index (χ3n) is 2.25. The van der Waals surface area contributed by atoms with Crippen molar-refractivity contribution in [2.24, 2.45) is 0 Å². The Morgan fingerprint density at radius 3 is 2.94 bits per heavy atom. The van der Waals surface area contributed by atoms with Crippen LogP contribution in [0.25, 0.3) is 0 Å². The maximum Gasteiger partial charge on any atom is 0.226 e. The molecule has 0 aliphatic heterocycles. The summed E-state index contributed by atoms with van der Waals surface area (Å²) in [6.07, 6.45) is 0.582. The molecule has 0 saturated carbocycles. The molecule has 0 aliphatic carbocycles. The van der Waals surface area contributed by atoms with Crippen LogP contribution in [0.1, 0.15) is 12.0 Å². The molecule has 0 radical (unpaired) electrons. The average Bonchev–Trinajstić information content (AvgIpc) is 2.25. The molecule has 16 heavy (non-hydrogen) atoms.